The van der Waals surface area contributed by atoms with E-state index in [-0.39, 0.29) is 11.9 Å². The molecule has 1 rings (SSSR count). The summed E-state index contributed by atoms with van der Waals surface area (Å²) in [6, 6.07) is 6.00. The van der Waals surface area contributed by atoms with E-state index in [1.807, 2.05) is 26.0 Å². The Hall–Kier alpha value is -2.44. The van der Waals surface area contributed by atoms with Crippen molar-refractivity contribution in [2.45, 2.75) is 26.4 Å². The quantitative estimate of drug-likeness (QED) is 0.426. The zero-order valence-electron chi connectivity index (χ0n) is 11.8. The van der Waals surface area contributed by atoms with E-state index >= 15 is 0 Å². The van der Waals surface area contributed by atoms with Crippen molar-refractivity contribution in [2.24, 2.45) is 32.9 Å². The third-order valence-electron chi connectivity index (χ3n) is 2.44. The molecule has 0 aliphatic heterocycles. The number of nitrogens with zero attached hydrogens (tertiary/aromatic N) is 2. The van der Waals surface area contributed by atoms with E-state index in [1.165, 1.54) is 0 Å². The molecule has 0 fully saturated rings. The molecule has 0 amide bonds. The summed E-state index contributed by atoms with van der Waals surface area (Å²) in [6.45, 7) is 4.43. The molecule has 0 spiro atoms. The molecule has 0 unspecified atom stereocenters. The van der Waals surface area contributed by atoms with Crippen molar-refractivity contribution < 1.29 is 4.74 Å². The van der Waals surface area contributed by atoms with Crippen LogP contribution in [-0.4, -0.2) is 24.7 Å². The summed E-state index contributed by atoms with van der Waals surface area (Å²) >= 11 is 0. The number of rotatable bonds is 6. The lowest BCUT2D eigenvalue weighted by atomic mass is 10.1. The van der Waals surface area contributed by atoms with Crippen LogP contribution in [0.2, 0.25) is 0 Å². The lowest BCUT2D eigenvalue weighted by Crippen LogP contribution is -2.29. The third-order valence-corrected chi connectivity index (χ3v) is 2.44. The second-order valence-corrected chi connectivity index (χ2v) is 4.55. The van der Waals surface area contributed by atoms with Crippen LogP contribution in [0.25, 0.3) is 0 Å². The molecule has 20 heavy (non-hydrogen) atoms. The Kier molecular flexibility index (Phi) is 5.64. The molecular formula is C13H22N6O. The van der Waals surface area contributed by atoms with Gasteiger partial charge in [0.1, 0.15) is 11.9 Å². The van der Waals surface area contributed by atoms with Crippen molar-refractivity contribution in [1.29, 1.82) is 0 Å². The molecule has 0 aromatic heterocycles. The monoisotopic (exact) mass is 278 g/mol. The summed E-state index contributed by atoms with van der Waals surface area (Å²) in [5.74, 6) is 0.674. The van der Waals surface area contributed by atoms with E-state index in [0.717, 1.165) is 16.9 Å². The van der Waals surface area contributed by atoms with Crippen LogP contribution >= 0.6 is 0 Å². The number of aliphatic imine (C=N–C) groups is 2. The van der Waals surface area contributed by atoms with Gasteiger partial charge in [-0.2, -0.15) is 0 Å². The zero-order valence-corrected chi connectivity index (χ0v) is 11.8. The zero-order chi connectivity index (χ0) is 15.1. The number of hydrogen-bond donors (Lipinski definition) is 4. The average Bonchev–Trinajstić information content (AvgIpc) is 2.25. The predicted molar refractivity (Wildman–Crippen MR) is 81.4 cm³/mol. The van der Waals surface area contributed by atoms with E-state index in [9.17, 15) is 0 Å². The van der Waals surface area contributed by atoms with Crippen LogP contribution in [0, 0.1) is 13.8 Å². The molecule has 7 nitrogen and oxygen atoms in total. The molecule has 0 atom stereocenters. The number of guanidine groups is 2. The summed E-state index contributed by atoms with van der Waals surface area (Å²) < 4.78 is 5.66. The predicted octanol–water partition coefficient (Wildman–Crippen LogP) is -0.0548. The topological polar surface area (TPSA) is 138 Å². The van der Waals surface area contributed by atoms with Gasteiger partial charge < -0.3 is 27.7 Å². The molecular weight excluding hydrogens is 256 g/mol. The number of hydrogen-bond acceptors (Lipinski definition) is 3. The van der Waals surface area contributed by atoms with E-state index in [2.05, 4.69) is 16.1 Å². The van der Waals surface area contributed by atoms with Gasteiger partial charge in [0.05, 0.1) is 6.61 Å². The van der Waals surface area contributed by atoms with Crippen molar-refractivity contribution >= 4 is 11.9 Å². The van der Waals surface area contributed by atoms with E-state index in [0.29, 0.717) is 13.0 Å². The van der Waals surface area contributed by atoms with Crippen molar-refractivity contribution in [3.8, 4) is 5.75 Å². The largest absolute Gasteiger partial charge is 0.493 e. The Labute approximate surface area is 118 Å². The number of ether oxygens (including phenoxy) is 1. The first-order valence-electron chi connectivity index (χ1n) is 6.25. The highest BCUT2D eigenvalue weighted by Crippen LogP contribution is 2.16. The van der Waals surface area contributed by atoms with Gasteiger partial charge in [-0.25, -0.2) is 9.98 Å². The molecule has 1 aromatic rings. The normalized spacial score (nSPS) is 10.2. The fourth-order valence-corrected chi connectivity index (χ4v) is 1.80. The maximum atomic E-state index is 5.66. The van der Waals surface area contributed by atoms with Gasteiger partial charge >= 0.3 is 0 Å². The highest BCUT2D eigenvalue weighted by atomic mass is 16.5. The fourth-order valence-electron chi connectivity index (χ4n) is 1.80. The first-order chi connectivity index (χ1) is 9.36. The fraction of sp³-hybridized carbons (Fsp3) is 0.385. The van der Waals surface area contributed by atoms with Gasteiger partial charge in [0.25, 0.3) is 0 Å². The van der Waals surface area contributed by atoms with Crippen LogP contribution in [0.1, 0.15) is 17.5 Å². The second-order valence-electron chi connectivity index (χ2n) is 4.55. The molecule has 110 valence electrons. The molecule has 0 aliphatic rings. The third kappa shape index (κ3) is 5.94. The van der Waals surface area contributed by atoms with Crippen molar-refractivity contribution in [3.63, 3.8) is 0 Å². The number of benzene rings is 1. The van der Waals surface area contributed by atoms with Crippen LogP contribution in [0.4, 0.5) is 0 Å². The maximum absolute atomic E-state index is 5.66. The van der Waals surface area contributed by atoms with E-state index in [4.69, 9.17) is 27.7 Å². The minimum atomic E-state index is -0.532. The maximum Gasteiger partial charge on any atom is 0.188 e. The van der Waals surface area contributed by atoms with Crippen molar-refractivity contribution in [3.05, 3.63) is 29.3 Å². The Morgan fingerprint density at radius 3 is 1.95 bits per heavy atom. The lowest BCUT2D eigenvalue weighted by Gasteiger charge is -2.11. The highest BCUT2D eigenvalue weighted by Gasteiger charge is 2.06. The van der Waals surface area contributed by atoms with Gasteiger partial charge in [-0.15, -0.1) is 0 Å². The van der Waals surface area contributed by atoms with Gasteiger partial charge in [0.15, 0.2) is 11.9 Å². The first kappa shape index (κ1) is 15.6. The molecule has 0 heterocycles. The molecule has 0 saturated heterocycles. The van der Waals surface area contributed by atoms with Crippen molar-refractivity contribution in [1.82, 2.24) is 0 Å². The second kappa shape index (κ2) is 7.22. The number of nitrogens with two attached hydrogens (primary N) is 4. The molecule has 8 N–H and O–H groups in total. The van der Waals surface area contributed by atoms with E-state index in [1.54, 1.807) is 0 Å². The summed E-state index contributed by atoms with van der Waals surface area (Å²) in [5, 5.41) is 0. The average molecular weight is 278 g/mol. The van der Waals surface area contributed by atoms with Gasteiger partial charge in [-0.1, -0.05) is 6.07 Å². The smallest absolute Gasteiger partial charge is 0.188 e. The SMILES string of the molecule is Cc1cc(C)cc(OCCC(N=C(N)N)N=C(N)N)c1. The molecule has 0 saturated carbocycles. The molecule has 7 heteroatoms. The Bertz CT molecular complexity index is 465. The van der Waals surface area contributed by atoms with Crippen LogP contribution in [0.3, 0.4) is 0 Å². The Morgan fingerprint density at radius 2 is 1.50 bits per heavy atom. The minimum absolute atomic E-state index is 0.0635. The Morgan fingerprint density at radius 1 is 1.00 bits per heavy atom. The lowest BCUT2D eigenvalue weighted by molar-refractivity contribution is 0.299. The van der Waals surface area contributed by atoms with Crippen molar-refractivity contribution in [2.75, 3.05) is 6.61 Å². The van der Waals surface area contributed by atoms with Gasteiger partial charge in [-0.05, 0) is 37.1 Å². The molecule has 0 aliphatic carbocycles. The van der Waals surface area contributed by atoms with Crippen LogP contribution in [0.5, 0.6) is 5.75 Å². The summed E-state index contributed by atoms with van der Waals surface area (Å²) in [5.41, 5.74) is 23.6. The van der Waals surface area contributed by atoms with Gasteiger partial charge in [-0.3, -0.25) is 0 Å². The minimum Gasteiger partial charge on any atom is -0.493 e. The highest BCUT2D eigenvalue weighted by molar-refractivity contribution is 5.77. The van der Waals surface area contributed by atoms with Crippen LogP contribution in [-0.2, 0) is 0 Å². The molecule has 0 radical (unpaired) electrons. The summed E-state index contributed by atoms with van der Waals surface area (Å²) in [4.78, 5) is 7.86. The molecule has 1 aromatic carbocycles. The van der Waals surface area contributed by atoms with Crippen LogP contribution < -0.4 is 27.7 Å². The first-order valence-corrected chi connectivity index (χ1v) is 6.25. The molecule has 0 bridgehead atoms. The van der Waals surface area contributed by atoms with Gasteiger partial charge in [0.2, 0.25) is 0 Å². The van der Waals surface area contributed by atoms with Crippen LogP contribution in [0.15, 0.2) is 28.2 Å². The Balaban J connectivity index is 2.60. The summed E-state index contributed by atoms with van der Waals surface area (Å²) in [7, 11) is 0. The standard InChI is InChI=1S/C13H22N6O/c1-8-5-9(2)7-10(6-8)20-4-3-11(18-12(14)15)19-13(16)17/h5-7,11H,3-4H2,1-2H3,(H4,14,15,18)(H4,16,17,19). The summed E-state index contributed by atoms with van der Waals surface area (Å²) in [6.07, 6.45) is -0.0566. The van der Waals surface area contributed by atoms with E-state index < -0.39 is 6.17 Å². The number of aryl methyl sites for hydroxylation is 2. The van der Waals surface area contributed by atoms with Gasteiger partial charge in [0, 0.05) is 6.42 Å².